The van der Waals surface area contributed by atoms with Crippen LogP contribution in [0.4, 0.5) is 0 Å². The number of benzene rings is 1. The van der Waals surface area contributed by atoms with Crippen molar-refractivity contribution in [2.75, 3.05) is 19.6 Å². The molecular weight excluding hydrogens is 244 g/mol. The smallest absolute Gasteiger partial charge is 0.0236 e. The highest BCUT2D eigenvalue weighted by atomic mass is 15.2. The van der Waals surface area contributed by atoms with Gasteiger partial charge in [-0.3, -0.25) is 4.90 Å². The van der Waals surface area contributed by atoms with Gasteiger partial charge in [0.2, 0.25) is 0 Å². The summed E-state index contributed by atoms with van der Waals surface area (Å²) < 4.78 is 0. The summed E-state index contributed by atoms with van der Waals surface area (Å²) in [6, 6.07) is 10.1. The molecule has 2 aliphatic rings. The first kappa shape index (κ1) is 14.1. The van der Waals surface area contributed by atoms with Gasteiger partial charge in [0, 0.05) is 19.1 Å². The highest BCUT2D eigenvalue weighted by molar-refractivity contribution is 5.22. The van der Waals surface area contributed by atoms with E-state index >= 15 is 0 Å². The molecule has 1 heterocycles. The normalized spacial score (nSPS) is 23.2. The fourth-order valence-corrected chi connectivity index (χ4v) is 3.31. The maximum atomic E-state index is 3.55. The molecule has 1 N–H and O–H groups in total. The van der Waals surface area contributed by atoms with Crippen LogP contribution < -0.4 is 5.32 Å². The van der Waals surface area contributed by atoms with E-state index in [9.17, 15) is 0 Å². The van der Waals surface area contributed by atoms with Gasteiger partial charge in [-0.15, -0.1) is 0 Å². The van der Waals surface area contributed by atoms with Crippen LogP contribution in [0.25, 0.3) is 0 Å². The third kappa shape index (κ3) is 3.83. The predicted octanol–water partition coefficient (Wildman–Crippen LogP) is 3.21. The predicted molar refractivity (Wildman–Crippen MR) is 84.8 cm³/mol. The average molecular weight is 272 g/mol. The van der Waals surface area contributed by atoms with E-state index in [0.717, 1.165) is 24.9 Å². The summed E-state index contributed by atoms with van der Waals surface area (Å²) in [6.07, 6.45) is 6.72. The van der Waals surface area contributed by atoms with Gasteiger partial charge in [-0.05, 0) is 62.2 Å². The summed E-state index contributed by atoms with van der Waals surface area (Å²) in [5.41, 5.74) is 2.93. The molecule has 0 amide bonds. The van der Waals surface area contributed by atoms with Crippen LogP contribution >= 0.6 is 0 Å². The molecule has 1 saturated carbocycles. The van der Waals surface area contributed by atoms with Gasteiger partial charge < -0.3 is 5.32 Å². The standard InChI is InChI=1S/C18H28N2/c1-2-15-5-7-16(8-6-15)13-20(18-9-10-18)14-17-4-3-11-19-12-17/h5-8,17-19H,2-4,9-14H2,1H3. The number of hydrogen-bond acceptors (Lipinski definition) is 2. The fourth-order valence-electron chi connectivity index (χ4n) is 3.31. The number of hydrogen-bond donors (Lipinski definition) is 1. The van der Waals surface area contributed by atoms with Crippen molar-refractivity contribution in [3.8, 4) is 0 Å². The Labute approximate surface area is 123 Å². The molecule has 110 valence electrons. The first-order valence-corrected chi connectivity index (χ1v) is 8.37. The molecule has 1 atom stereocenters. The second-order valence-electron chi connectivity index (χ2n) is 6.54. The van der Waals surface area contributed by atoms with Gasteiger partial charge in [0.1, 0.15) is 0 Å². The Morgan fingerprint density at radius 2 is 1.85 bits per heavy atom. The van der Waals surface area contributed by atoms with Crippen LogP contribution in [-0.4, -0.2) is 30.6 Å². The van der Waals surface area contributed by atoms with Crippen molar-refractivity contribution in [3.05, 3.63) is 35.4 Å². The molecule has 1 aromatic rings. The van der Waals surface area contributed by atoms with Crippen LogP contribution in [-0.2, 0) is 13.0 Å². The van der Waals surface area contributed by atoms with Gasteiger partial charge in [0.25, 0.3) is 0 Å². The van der Waals surface area contributed by atoms with Crippen molar-refractivity contribution in [2.24, 2.45) is 5.92 Å². The molecule has 0 spiro atoms. The zero-order valence-corrected chi connectivity index (χ0v) is 12.8. The van der Waals surface area contributed by atoms with E-state index in [0.29, 0.717) is 0 Å². The molecule has 0 radical (unpaired) electrons. The molecular formula is C18H28N2. The van der Waals surface area contributed by atoms with Crippen molar-refractivity contribution in [1.29, 1.82) is 0 Å². The lowest BCUT2D eigenvalue weighted by Gasteiger charge is -2.30. The monoisotopic (exact) mass is 272 g/mol. The van der Waals surface area contributed by atoms with Crippen LogP contribution in [0.5, 0.6) is 0 Å². The van der Waals surface area contributed by atoms with Crippen LogP contribution in [0, 0.1) is 5.92 Å². The lowest BCUT2D eigenvalue weighted by molar-refractivity contribution is 0.193. The minimum absolute atomic E-state index is 0.860. The number of aryl methyl sites for hydroxylation is 1. The summed E-state index contributed by atoms with van der Waals surface area (Å²) >= 11 is 0. The van der Waals surface area contributed by atoms with E-state index < -0.39 is 0 Å². The van der Waals surface area contributed by atoms with Crippen molar-refractivity contribution in [1.82, 2.24) is 10.2 Å². The molecule has 1 saturated heterocycles. The third-order valence-electron chi connectivity index (χ3n) is 4.77. The maximum Gasteiger partial charge on any atom is 0.0236 e. The van der Waals surface area contributed by atoms with Crippen molar-refractivity contribution in [3.63, 3.8) is 0 Å². The minimum Gasteiger partial charge on any atom is -0.316 e. The number of piperidine rings is 1. The maximum absolute atomic E-state index is 3.55. The Kier molecular flexibility index (Phi) is 4.74. The van der Waals surface area contributed by atoms with Gasteiger partial charge in [-0.1, -0.05) is 31.2 Å². The second-order valence-corrected chi connectivity index (χ2v) is 6.54. The van der Waals surface area contributed by atoms with Crippen molar-refractivity contribution in [2.45, 2.75) is 51.6 Å². The molecule has 2 heteroatoms. The van der Waals surface area contributed by atoms with Crippen molar-refractivity contribution < 1.29 is 0 Å². The van der Waals surface area contributed by atoms with Gasteiger partial charge in [0.05, 0.1) is 0 Å². The van der Waals surface area contributed by atoms with E-state index in [1.54, 1.807) is 0 Å². The first-order valence-electron chi connectivity index (χ1n) is 8.37. The number of nitrogens with one attached hydrogen (secondary N) is 1. The zero-order valence-electron chi connectivity index (χ0n) is 12.8. The topological polar surface area (TPSA) is 15.3 Å². The summed E-state index contributed by atoms with van der Waals surface area (Å²) in [5.74, 6) is 0.860. The lowest BCUT2D eigenvalue weighted by Crippen LogP contribution is -2.39. The zero-order chi connectivity index (χ0) is 13.8. The highest BCUT2D eigenvalue weighted by Gasteiger charge is 2.30. The molecule has 1 aromatic carbocycles. The highest BCUT2D eigenvalue weighted by Crippen LogP contribution is 2.30. The summed E-state index contributed by atoms with van der Waals surface area (Å²) in [4.78, 5) is 2.73. The second kappa shape index (κ2) is 6.73. The SMILES string of the molecule is CCc1ccc(CN(CC2CCCNC2)C2CC2)cc1. The Balaban J connectivity index is 1.58. The summed E-state index contributed by atoms with van der Waals surface area (Å²) in [7, 11) is 0. The lowest BCUT2D eigenvalue weighted by atomic mass is 9.98. The molecule has 3 rings (SSSR count). The van der Waals surface area contributed by atoms with Gasteiger partial charge in [-0.2, -0.15) is 0 Å². The molecule has 20 heavy (non-hydrogen) atoms. The average Bonchev–Trinajstić information content (AvgIpc) is 3.33. The first-order chi connectivity index (χ1) is 9.85. The van der Waals surface area contributed by atoms with Gasteiger partial charge >= 0.3 is 0 Å². The van der Waals surface area contributed by atoms with E-state index in [1.807, 2.05) is 0 Å². The molecule has 1 aliphatic carbocycles. The van der Waals surface area contributed by atoms with E-state index in [2.05, 4.69) is 41.4 Å². The summed E-state index contributed by atoms with van der Waals surface area (Å²) in [5, 5.41) is 3.55. The third-order valence-corrected chi connectivity index (χ3v) is 4.77. The Morgan fingerprint density at radius 3 is 2.45 bits per heavy atom. The van der Waals surface area contributed by atoms with Gasteiger partial charge in [-0.25, -0.2) is 0 Å². The molecule has 2 fully saturated rings. The minimum atomic E-state index is 0.860. The molecule has 1 aliphatic heterocycles. The fraction of sp³-hybridized carbons (Fsp3) is 0.667. The van der Waals surface area contributed by atoms with Crippen LogP contribution in [0.3, 0.4) is 0 Å². The van der Waals surface area contributed by atoms with E-state index in [-0.39, 0.29) is 0 Å². The molecule has 0 aromatic heterocycles. The van der Waals surface area contributed by atoms with Crippen LogP contribution in [0.1, 0.15) is 43.7 Å². The van der Waals surface area contributed by atoms with Crippen molar-refractivity contribution >= 4 is 0 Å². The quantitative estimate of drug-likeness (QED) is 0.855. The summed E-state index contributed by atoms with van der Waals surface area (Å²) in [6.45, 7) is 7.09. The van der Waals surface area contributed by atoms with E-state index in [1.165, 1.54) is 56.4 Å². The van der Waals surface area contributed by atoms with Crippen LogP contribution in [0.15, 0.2) is 24.3 Å². The molecule has 1 unspecified atom stereocenters. The number of nitrogens with zero attached hydrogens (tertiary/aromatic N) is 1. The number of rotatable bonds is 6. The van der Waals surface area contributed by atoms with E-state index in [4.69, 9.17) is 0 Å². The Hall–Kier alpha value is -0.860. The Morgan fingerprint density at radius 1 is 1.10 bits per heavy atom. The Bertz CT molecular complexity index is 402. The largest absolute Gasteiger partial charge is 0.316 e. The van der Waals surface area contributed by atoms with Gasteiger partial charge in [0.15, 0.2) is 0 Å². The molecule has 2 nitrogen and oxygen atoms in total. The molecule has 0 bridgehead atoms. The van der Waals surface area contributed by atoms with Crippen LogP contribution in [0.2, 0.25) is 0 Å².